The molecule has 1 unspecified atom stereocenters. The summed E-state index contributed by atoms with van der Waals surface area (Å²) in [5, 5.41) is 2.73. The zero-order chi connectivity index (χ0) is 15.9. The number of ether oxygens (including phenoxy) is 2. The molecule has 22 heavy (non-hydrogen) atoms. The largest absolute Gasteiger partial charge is 0.435 e. The molecular weight excluding hydrogens is 294 g/mol. The first-order chi connectivity index (χ1) is 10.6. The summed E-state index contributed by atoms with van der Waals surface area (Å²) in [5.41, 5.74) is 6.63. The van der Waals surface area contributed by atoms with Crippen LogP contribution in [0.5, 0.6) is 5.75 Å². The van der Waals surface area contributed by atoms with Gasteiger partial charge in [-0.25, -0.2) is 0 Å². The van der Waals surface area contributed by atoms with E-state index in [4.69, 9.17) is 10.5 Å². The van der Waals surface area contributed by atoms with Crippen molar-refractivity contribution < 1.29 is 23.0 Å². The average molecular weight is 314 g/mol. The van der Waals surface area contributed by atoms with Crippen LogP contribution in [0.25, 0.3) is 0 Å². The van der Waals surface area contributed by atoms with Crippen LogP contribution in [0, 0.1) is 5.92 Å². The molecule has 1 saturated heterocycles. The topological polar surface area (TPSA) is 73.6 Å². The molecule has 122 valence electrons. The second-order valence-electron chi connectivity index (χ2n) is 5.22. The van der Waals surface area contributed by atoms with E-state index in [0.717, 1.165) is 12.8 Å². The van der Waals surface area contributed by atoms with Crippen molar-refractivity contribution >= 4 is 5.91 Å². The summed E-state index contributed by atoms with van der Waals surface area (Å²) in [5.74, 6) is -0.0650. The maximum absolute atomic E-state index is 12.2. The second kappa shape index (κ2) is 8.05. The molecule has 1 atom stereocenters. The van der Waals surface area contributed by atoms with Gasteiger partial charge in [-0.2, -0.15) is 8.78 Å². The van der Waals surface area contributed by atoms with Crippen molar-refractivity contribution in [1.29, 1.82) is 0 Å². The van der Waals surface area contributed by atoms with Crippen molar-refractivity contribution in [2.75, 3.05) is 13.2 Å². The second-order valence-corrected chi connectivity index (χ2v) is 5.22. The van der Waals surface area contributed by atoms with E-state index in [1.807, 2.05) is 0 Å². The number of alkyl halides is 2. The monoisotopic (exact) mass is 314 g/mol. The maximum Gasteiger partial charge on any atom is 0.387 e. The zero-order valence-corrected chi connectivity index (χ0v) is 12.1. The van der Waals surface area contributed by atoms with Gasteiger partial charge in [-0.3, -0.25) is 4.79 Å². The van der Waals surface area contributed by atoms with Gasteiger partial charge in [0.15, 0.2) is 0 Å². The van der Waals surface area contributed by atoms with Crippen LogP contribution in [0.4, 0.5) is 8.78 Å². The molecule has 1 aromatic carbocycles. The lowest BCUT2D eigenvalue weighted by molar-refractivity contribution is -0.124. The minimum Gasteiger partial charge on any atom is -0.435 e. The number of hydrogen-bond acceptors (Lipinski definition) is 4. The molecule has 0 saturated carbocycles. The summed E-state index contributed by atoms with van der Waals surface area (Å²) in [6, 6.07) is 5.64. The van der Waals surface area contributed by atoms with E-state index >= 15 is 0 Å². The lowest BCUT2D eigenvalue weighted by Gasteiger charge is -2.26. The molecule has 1 amide bonds. The Hall–Kier alpha value is -1.73. The van der Waals surface area contributed by atoms with Gasteiger partial charge in [0.05, 0.1) is 6.04 Å². The molecule has 0 aromatic heterocycles. The Labute approximate surface area is 127 Å². The predicted molar refractivity (Wildman–Crippen MR) is 76.4 cm³/mol. The third-order valence-corrected chi connectivity index (χ3v) is 3.67. The summed E-state index contributed by atoms with van der Waals surface area (Å²) >= 11 is 0. The van der Waals surface area contributed by atoms with Crippen LogP contribution in [0.15, 0.2) is 24.3 Å². The highest BCUT2D eigenvalue weighted by Crippen LogP contribution is 2.18. The van der Waals surface area contributed by atoms with E-state index in [-0.39, 0.29) is 24.1 Å². The Morgan fingerprint density at radius 3 is 2.82 bits per heavy atom. The van der Waals surface area contributed by atoms with Crippen LogP contribution in [0.2, 0.25) is 0 Å². The number of amides is 1. The van der Waals surface area contributed by atoms with Gasteiger partial charge in [0, 0.05) is 19.8 Å². The fourth-order valence-corrected chi connectivity index (χ4v) is 2.43. The molecule has 0 radical (unpaired) electrons. The van der Waals surface area contributed by atoms with Gasteiger partial charge >= 0.3 is 6.61 Å². The molecule has 1 heterocycles. The van der Waals surface area contributed by atoms with E-state index in [9.17, 15) is 13.6 Å². The molecule has 0 bridgehead atoms. The molecule has 0 aliphatic carbocycles. The number of nitrogens with one attached hydrogen (secondary N) is 1. The highest BCUT2D eigenvalue weighted by molar-refractivity contribution is 5.81. The predicted octanol–water partition coefficient (Wildman–Crippen LogP) is 1.66. The minimum absolute atomic E-state index is 0.0653. The smallest absolute Gasteiger partial charge is 0.387 e. The normalized spacial score (nSPS) is 17.3. The fraction of sp³-hybridized carbons (Fsp3) is 0.533. The van der Waals surface area contributed by atoms with E-state index < -0.39 is 12.7 Å². The number of halogens is 2. The first kappa shape index (κ1) is 16.6. The van der Waals surface area contributed by atoms with E-state index in [1.165, 1.54) is 12.1 Å². The van der Waals surface area contributed by atoms with Crippen LogP contribution < -0.4 is 15.8 Å². The van der Waals surface area contributed by atoms with Crippen molar-refractivity contribution in [2.24, 2.45) is 11.7 Å². The number of nitrogens with two attached hydrogens (primary N) is 1. The van der Waals surface area contributed by atoms with Gasteiger partial charge in [-0.05, 0) is 36.5 Å². The Morgan fingerprint density at radius 2 is 2.14 bits per heavy atom. The lowest BCUT2D eigenvalue weighted by atomic mass is 9.92. The molecule has 2 rings (SSSR count). The summed E-state index contributed by atoms with van der Waals surface area (Å²) in [4.78, 5) is 12.1. The van der Waals surface area contributed by atoms with E-state index in [1.54, 1.807) is 12.1 Å². The number of hydrogen-bond donors (Lipinski definition) is 2. The van der Waals surface area contributed by atoms with Gasteiger partial charge in [-0.1, -0.05) is 12.1 Å². The third-order valence-electron chi connectivity index (χ3n) is 3.67. The van der Waals surface area contributed by atoms with Crippen molar-refractivity contribution in [3.63, 3.8) is 0 Å². The molecule has 1 fully saturated rings. The van der Waals surface area contributed by atoms with Crippen LogP contribution in [0.3, 0.4) is 0 Å². The highest BCUT2D eigenvalue weighted by atomic mass is 19.3. The molecule has 0 spiro atoms. The Morgan fingerprint density at radius 1 is 1.41 bits per heavy atom. The Bertz CT molecular complexity index is 493. The first-order valence-electron chi connectivity index (χ1n) is 7.21. The van der Waals surface area contributed by atoms with Gasteiger partial charge in [0.1, 0.15) is 5.75 Å². The van der Waals surface area contributed by atoms with Crippen molar-refractivity contribution in [3.8, 4) is 5.75 Å². The van der Waals surface area contributed by atoms with Crippen LogP contribution >= 0.6 is 0 Å². The number of carbonyl (C=O) groups excluding carboxylic acids is 1. The molecule has 1 aliphatic rings. The molecule has 7 heteroatoms. The number of rotatable bonds is 6. The van der Waals surface area contributed by atoms with Crippen LogP contribution in [0.1, 0.15) is 18.4 Å². The van der Waals surface area contributed by atoms with Crippen LogP contribution in [-0.4, -0.2) is 31.8 Å². The quantitative estimate of drug-likeness (QED) is 0.837. The van der Waals surface area contributed by atoms with Crippen molar-refractivity contribution in [2.45, 2.75) is 32.0 Å². The molecule has 5 nitrogen and oxygen atoms in total. The Kier molecular flexibility index (Phi) is 6.09. The molecule has 1 aliphatic heterocycles. The van der Waals surface area contributed by atoms with Crippen LogP contribution in [-0.2, 0) is 16.1 Å². The molecule has 1 aromatic rings. The zero-order valence-electron chi connectivity index (χ0n) is 12.1. The van der Waals surface area contributed by atoms with Gasteiger partial charge in [-0.15, -0.1) is 0 Å². The standard InChI is InChI=1S/C15H20F2N2O3/c16-15(17)22-12-3-1-2-10(8-12)9-19-14(20)13(18)11-4-6-21-7-5-11/h1-3,8,11,13,15H,4-7,9,18H2,(H,19,20). The van der Waals surface area contributed by atoms with Gasteiger partial charge < -0.3 is 20.5 Å². The number of carbonyl (C=O) groups is 1. The first-order valence-corrected chi connectivity index (χ1v) is 7.21. The van der Waals surface area contributed by atoms with Gasteiger partial charge in [0.2, 0.25) is 5.91 Å². The van der Waals surface area contributed by atoms with E-state index in [0.29, 0.717) is 18.8 Å². The number of benzene rings is 1. The van der Waals surface area contributed by atoms with Gasteiger partial charge in [0.25, 0.3) is 0 Å². The summed E-state index contributed by atoms with van der Waals surface area (Å²) < 4.78 is 33.9. The molecular formula is C15H20F2N2O3. The van der Waals surface area contributed by atoms with E-state index in [2.05, 4.69) is 10.1 Å². The van der Waals surface area contributed by atoms with Crippen molar-refractivity contribution in [3.05, 3.63) is 29.8 Å². The Balaban J connectivity index is 1.85. The summed E-state index contributed by atoms with van der Waals surface area (Å²) in [6.07, 6.45) is 1.54. The van der Waals surface area contributed by atoms with Crippen molar-refractivity contribution in [1.82, 2.24) is 5.32 Å². The fourth-order valence-electron chi connectivity index (χ4n) is 2.43. The maximum atomic E-state index is 12.2. The summed E-state index contributed by atoms with van der Waals surface area (Å²) in [7, 11) is 0. The SMILES string of the molecule is NC(C(=O)NCc1cccc(OC(F)F)c1)C1CCOCC1. The summed E-state index contributed by atoms with van der Waals surface area (Å²) in [6.45, 7) is -1.40. The third kappa shape index (κ3) is 4.92. The molecule has 3 N–H and O–H groups in total. The minimum atomic E-state index is -2.87. The highest BCUT2D eigenvalue weighted by Gasteiger charge is 2.26. The average Bonchev–Trinajstić information content (AvgIpc) is 2.52. The lowest BCUT2D eigenvalue weighted by Crippen LogP contribution is -2.46.